The topological polar surface area (TPSA) is 102 Å². The molecule has 9 nitrogen and oxygen atoms in total. The smallest absolute Gasteiger partial charge is 0.245 e. The first-order valence-electron chi connectivity index (χ1n) is 14.0. The second-order valence-corrected chi connectivity index (χ2v) is 11.2. The largest absolute Gasteiger partial charge is 0.437 e. The quantitative estimate of drug-likeness (QED) is 0.266. The normalized spacial score (nSPS) is 16.1. The van der Waals surface area contributed by atoms with Crippen LogP contribution in [0, 0.1) is 24.7 Å². The number of hydrogen-bond acceptors (Lipinski definition) is 7. The molecule has 5 heterocycles. The molecule has 0 unspecified atom stereocenters. The minimum atomic E-state index is 0.0172. The first-order chi connectivity index (χ1) is 20.3. The first kappa shape index (κ1) is 27.8. The number of fused-ring (bicyclic) bond motifs is 1. The number of hydrogen-bond donors (Lipinski definition) is 1. The monoisotopic (exact) mass is 581 g/mol. The summed E-state index contributed by atoms with van der Waals surface area (Å²) in [6.07, 6.45) is 4.82. The van der Waals surface area contributed by atoms with Gasteiger partial charge >= 0.3 is 0 Å². The zero-order chi connectivity index (χ0) is 29.4. The fraction of sp³-hybridized carbons (Fsp3) is 0.312. The lowest BCUT2D eigenvalue weighted by Gasteiger charge is -2.45. The number of aromatic nitrogens is 4. The molecule has 2 fully saturated rings. The Morgan fingerprint density at radius 3 is 2.69 bits per heavy atom. The predicted octanol–water partition coefficient (Wildman–Crippen LogP) is 4.83. The summed E-state index contributed by atoms with van der Waals surface area (Å²) in [6.45, 7) is 8.89. The number of benzene rings is 1. The van der Waals surface area contributed by atoms with Gasteiger partial charge in [0.05, 0.1) is 10.4 Å². The maximum absolute atomic E-state index is 11.9. The molecule has 1 aromatic carbocycles. The molecule has 0 saturated carbocycles. The van der Waals surface area contributed by atoms with E-state index in [0.717, 1.165) is 66.9 Å². The minimum absolute atomic E-state index is 0.0172. The summed E-state index contributed by atoms with van der Waals surface area (Å²) in [5.41, 5.74) is 10.4. The molecule has 2 saturated heterocycles. The van der Waals surface area contributed by atoms with Crippen molar-refractivity contribution in [2.75, 3.05) is 31.9 Å². The third kappa shape index (κ3) is 5.31. The number of aryl methyl sites for hydroxylation is 2. The number of nitrogen functional groups attached to an aromatic ring is 1. The van der Waals surface area contributed by atoms with Crippen LogP contribution in [0.4, 0.5) is 5.82 Å². The number of piperidine rings is 1. The molecule has 0 bridgehead atoms. The van der Waals surface area contributed by atoms with Gasteiger partial charge in [-0.1, -0.05) is 36.2 Å². The fourth-order valence-electron chi connectivity index (χ4n) is 5.78. The van der Waals surface area contributed by atoms with E-state index in [1.165, 1.54) is 12.4 Å². The average molecular weight is 582 g/mol. The number of nitrogens with two attached hydrogens (primary N) is 1. The molecule has 2 aliphatic rings. The predicted molar refractivity (Wildman–Crippen MR) is 164 cm³/mol. The van der Waals surface area contributed by atoms with Crippen molar-refractivity contribution in [3.63, 3.8) is 0 Å². The number of carbonyl (C=O) groups is 1. The fourth-order valence-corrected chi connectivity index (χ4v) is 6.00. The molecule has 2 aliphatic heterocycles. The Labute approximate surface area is 250 Å². The Morgan fingerprint density at radius 2 is 1.98 bits per heavy atom. The second-order valence-electron chi connectivity index (χ2n) is 10.8. The van der Waals surface area contributed by atoms with Crippen LogP contribution in [0.3, 0.4) is 0 Å². The van der Waals surface area contributed by atoms with Gasteiger partial charge < -0.3 is 19.9 Å². The lowest BCUT2D eigenvalue weighted by molar-refractivity contribution is -0.127. The Morgan fingerprint density at radius 1 is 1.19 bits per heavy atom. The van der Waals surface area contributed by atoms with Crippen molar-refractivity contribution in [2.45, 2.75) is 25.8 Å². The van der Waals surface area contributed by atoms with Gasteiger partial charge in [-0.2, -0.15) is 0 Å². The van der Waals surface area contributed by atoms with Crippen LogP contribution < -0.4 is 10.5 Å². The highest BCUT2D eigenvalue weighted by Crippen LogP contribution is 2.39. The van der Waals surface area contributed by atoms with Crippen LogP contribution in [0.25, 0.3) is 22.2 Å². The summed E-state index contributed by atoms with van der Waals surface area (Å²) >= 11 is 6.71. The maximum Gasteiger partial charge on any atom is 0.245 e. The molecule has 10 heteroatoms. The van der Waals surface area contributed by atoms with Crippen LogP contribution in [-0.2, 0) is 11.8 Å². The summed E-state index contributed by atoms with van der Waals surface area (Å²) < 4.78 is 7.92. The second kappa shape index (κ2) is 11.5. The number of rotatable bonds is 5. The van der Waals surface area contributed by atoms with E-state index in [4.69, 9.17) is 22.1 Å². The SMILES string of the molecule is C=CC(=O)N1CCC(N2CC(C#Cc3c(-c4ccc(Oc5cccc(C)n5)c(Cl)c4)c4c(N)ncnc4n3C)C2)CC1. The first-order valence-corrected chi connectivity index (χ1v) is 14.4. The van der Waals surface area contributed by atoms with Crippen molar-refractivity contribution >= 4 is 34.4 Å². The lowest BCUT2D eigenvalue weighted by atomic mass is 9.93. The van der Waals surface area contributed by atoms with Crippen molar-refractivity contribution in [3.8, 4) is 34.6 Å². The molecule has 42 heavy (non-hydrogen) atoms. The summed E-state index contributed by atoms with van der Waals surface area (Å²) in [4.78, 5) is 29.4. The van der Waals surface area contributed by atoms with Gasteiger partial charge in [0.25, 0.3) is 0 Å². The van der Waals surface area contributed by atoms with Crippen LogP contribution in [0.5, 0.6) is 11.6 Å². The van der Waals surface area contributed by atoms with E-state index >= 15 is 0 Å². The lowest BCUT2D eigenvalue weighted by Crippen LogP contribution is -2.55. The number of carbonyl (C=O) groups excluding carboxylic acids is 1. The molecule has 0 aliphatic carbocycles. The Balaban J connectivity index is 1.25. The molecule has 4 aromatic rings. The van der Waals surface area contributed by atoms with Crippen molar-refractivity contribution in [1.29, 1.82) is 0 Å². The minimum Gasteiger partial charge on any atom is -0.437 e. The summed E-state index contributed by atoms with van der Waals surface area (Å²) in [7, 11) is 1.94. The molecule has 1 amide bonds. The standard InChI is InChI=1S/C32H32ClN7O2/c1-4-28(41)39-14-12-23(13-15-39)40-17-21(18-40)8-10-25-29(30-31(34)35-19-36-32(30)38(25)3)22-9-11-26(24(33)16-22)42-27-7-5-6-20(2)37-27/h4-7,9,11,16,19,21,23H,1,12-15,17-18H2,2-3H3,(H2,34,35,36). The molecule has 0 spiro atoms. The number of halogens is 1. The van der Waals surface area contributed by atoms with E-state index in [9.17, 15) is 4.79 Å². The van der Waals surface area contributed by atoms with Gasteiger partial charge in [-0.3, -0.25) is 9.69 Å². The van der Waals surface area contributed by atoms with Crippen LogP contribution >= 0.6 is 11.6 Å². The highest BCUT2D eigenvalue weighted by Gasteiger charge is 2.34. The number of pyridine rings is 1. The molecule has 0 radical (unpaired) electrons. The van der Waals surface area contributed by atoms with Gasteiger partial charge in [0.15, 0.2) is 0 Å². The summed E-state index contributed by atoms with van der Waals surface area (Å²) in [5, 5.41) is 1.18. The number of anilines is 1. The van der Waals surface area contributed by atoms with E-state index in [0.29, 0.717) is 34.2 Å². The Bertz CT molecular complexity index is 1740. The third-order valence-corrected chi connectivity index (χ3v) is 8.36. The van der Waals surface area contributed by atoms with Gasteiger partial charge in [0, 0.05) is 62.5 Å². The van der Waals surface area contributed by atoms with Crippen molar-refractivity contribution in [3.05, 3.63) is 71.8 Å². The van der Waals surface area contributed by atoms with Crippen molar-refractivity contribution in [1.82, 2.24) is 29.3 Å². The van der Waals surface area contributed by atoms with Gasteiger partial charge in [-0.25, -0.2) is 15.0 Å². The molecule has 2 N–H and O–H groups in total. The maximum atomic E-state index is 11.9. The van der Waals surface area contributed by atoms with Crippen LogP contribution in [0.2, 0.25) is 5.02 Å². The van der Waals surface area contributed by atoms with E-state index in [2.05, 4.69) is 38.3 Å². The zero-order valence-electron chi connectivity index (χ0n) is 23.7. The van der Waals surface area contributed by atoms with Crippen molar-refractivity contribution < 1.29 is 9.53 Å². The number of likely N-dealkylation sites (tertiary alicyclic amines) is 2. The zero-order valence-corrected chi connectivity index (χ0v) is 24.4. The van der Waals surface area contributed by atoms with E-state index in [1.54, 1.807) is 6.07 Å². The third-order valence-electron chi connectivity index (χ3n) is 8.07. The van der Waals surface area contributed by atoms with E-state index in [1.807, 2.05) is 53.8 Å². The van der Waals surface area contributed by atoms with Crippen molar-refractivity contribution in [2.24, 2.45) is 13.0 Å². The Kier molecular flexibility index (Phi) is 7.58. The molecule has 214 valence electrons. The molecule has 3 aromatic heterocycles. The van der Waals surface area contributed by atoms with Gasteiger partial charge in [0.2, 0.25) is 11.8 Å². The van der Waals surface area contributed by atoms with Gasteiger partial charge in [0.1, 0.15) is 29.2 Å². The highest BCUT2D eigenvalue weighted by atomic mass is 35.5. The Hall–Kier alpha value is -4.39. The van der Waals surface area contributed by atoms with Gasteiger partial charge in [-0.05, 0) is 55.5 Å². The van der Waals surface area contributed by atoms with E-state index < -0.39 is 0 Å². The van der Waals surface area contributed by atoms with Crippen LogP contribution in [0.15, 0.2) is 55.4 Å². The van der Waals surface area contributed by atoms with Crippen LogP contribution in [0.1, 0.15) is 24.2 Å². The molecular weight excluding hydrogens is 550 g/mol. The van der Waals surface area contributed by atoms with Gasteiger partial charge in [-0.15, -0.1) is 0 Å². The number of amides is 1. The summed E-state index contributed by atoms with van der Waals surface area (Å²) in [6, 6.07) is 11.7. The average Bonchev–Trinajstić information content (AvgIpc) is 3.25. The highest BCUT2D eigenvalue weighted by molar-refractivity contribution is 6.32. The number of nitrogens with zero attached hydrogens (tertiary/aromatic N) is 6. The summed E-state index contributed by atoms with van der Waals surface area (Å²) in [5.74, 6) is 8.58. The molecule has 6 rings (SSSR count). The number of ether oxygens (including phenoxy) is 1. The molecule has 0 atom stereocenters. The van der Waals surface area contributed by atoms with Crippen LogP contribution in [-0.4, -0.2) is 67.4 Å². The van der Waals surface area contributed by atoms with E-state index in [-0.39, 0.29) is 11.8 Å². The molecular formula is C32H32ClN7O2.